The van der Waals surface area contributed by atoms with E-state index in [9.17, 15) is 14.4 Å². The van der Waals surface area contributed by atoms with Crippen LogP contribution in [0.3, 0.4) is 0 Å². The molecule has 2 aliphatic rings. The molecule has 1 aliphatic carbocycles. The van der Waals surface area contributed by atoms with Crippen LogP contribution in [0.2, 0.25) is 0 Å². The minimum absolute atomic E-state index is 0.0447. The molecule has 3 rings (SSSR count). The summed E-state index contributed by atoms with van der Waals surface area (Å²) < 4.78 is 0. The van der Waals surface area contributed by atoms with Crippen LogP contribution in [0.1, 0.15) is 31.6 Å². The van der Waals surface area contributed by atoms with Gasteiger partial charge in [-0.05, 0) is 44.1 Å². The molecule has 2 unspecified atom stereocenters. The summed E-state index contributed by atoms with van der Waals surface area (Å²) in [6, 6.07) is 3.48. The van der Waals surface area contributed by atoms with E-state index in [1.807, 2.05) is 24.4 Å². The molecule has 1 saturated carbocycles. The van der Waals surface area contributed by atoms with Crippen LogP contribution in [0, 0.1) is 5.92 Å². The zero-order valence-corrected chi connectivity index (χ0v) is 14.1. The summed E-state index contributed by atoms with van der Waals surface area (Å²) in [6.45, 7) is 3.45. The third-order valence-corrected chi connectivity index (χ3v) is 5.39. The van der Waals surface area contributed by atoms with Gasteiger partial charge in [0, 0.05) is 17.3 Å². The summed E-state index contributed by atoms with van der Waals surface area (Å²) in [5.41, 5.74) is -0.833. The Bertz CT molecular complexity index is 627. The fourth-order valence-corrected chi connectivity index (χ4v) is 3.88. The fourth-order valence-electron chi connectivity index (χ4n) is 3.04. The van der Waals surface area contributed by atoms with E-state index in [0.717, 1.165) is 24.2 Å². The van der Waals surface area contributed by atoms with Crippen LogP contribution >= 0.6 is 11.3 Å². The number of carbonyl (C=O) groups excluding carboxylic acids is 3. The summed E-state index contributed by atoms with van der Waals surface area (Å²) >= 11 is 1.64. The zero-order valence-electron chi connectivity index (χ0n) is 13.3. The van der Waals surface area contributed by atoms with Gasteiger partial charge in [0.15, 0.2) is 0 Å². The summed E-state index contributed by atoms with van der Waals surface area (Å²) in [5, 5.41) is 7.59. The number of imide groups is 1. The fraction of sp³-hybridized carbons (Fsp3) is 0.562. The van der Waals surface area contributed by atoms with Gasteiger partial charge >= 0.3 is 6.03 Å². The normalized spacial score (nSPS) is 25.4. The summed E-state index contributed by atoms with van der Waals surface area (Å²) in [7, 11) is 0. The predicted octanol–water partition coefficient (Wildman–Crippen LogP) is 1.52. The number of nitrogens with zero attached hydrogens (tertiary/aromatic N) is 1. The molecule has 23 heavy (non-hydrogen) atoms. The van der Waals surface area contributed by atoms with E-state index < -0.39 is 11.6 Å². The minimum atomic E-state index is -0.833. The van der Waals surface area contributed by atoms with E-state index >= 15 is 0 Å². The highest BCUT2D eigenvalue weighted by Crippen LogP contribution is 2.42. The van der Waals surface area contributed by atoms with Crippen LogP contribution in [0.25, 0.3) is 0 Å². The van der Waals surface area contributed by atoms with Gasteiger partial charge in [-0.2, -0.15) is 0 Å². The van der Waals surface area contributed by atoms with Crippen LogP contribution in [-0.2, 0) is 16.0 Å². The van der Waals surface area contributed by atoms with Crippen molar-refractivity contribution in [1.82, 2.24) is 15.5 Å². The number of carbonyl (C=O) groups is 3. The summed E-state index contributed by atoms with van der Waals surface area (Å²) in [4.78, 5) is 38.9. The van der Waals surface area contributed by atoms with Gasteiger partial charge in [0.05, 0.1) is 0 Å². The number of hydrogen-bond donors (Lipinski definition) is 2. The Labute approximate surface area is 139 Å². The number of hydrogen-bond acceptors (Lipinski definition) is 4. The van der Waals surface area contributed by atoms with Crippen LogP contribution < -0.4 is 10.6 Å². The third kappa shape index (κ3) is 3.24. The molecule has 1 saturated heterocycles. The Morgan fingerprint density at radius 1 is 1.52 bits per heavy atom. The average molecular weight is 335 g/mol. The van der Waals surface area contributed by atoms with Gasteiger partial charge in [-0.1, -0.05) is 6.07 Å². The molecule has 6 nitrogen and oxygen atoms in total. The van der Waals surface area contributed by atoms with E-state index in [0.29, 0.717) is 0 Å². The first kappa shape index (κ1) is 16.0. The predicted molar refractivity (Wildman–Crippen MR) is 87.0 cm³/mol. The van der Waals surface area contributed by atoms with Crippen LogP contribution in [0.4, 0.5) is 4.79 Å². The molecule has 0 spiro atoms. The molecule has 1 aromatic rings. The third-order valence-electron chi connectivity index (χ3n) is 4.49. The van der Waals surface area contributed by atoms with Gasteiger partial charge in [0.1, 0.15) is 12.1 Å². The average Bonchev–Trinajstić information content (AvgIpc) is 3.18. The summed E-state index contributed by atoms with van der Waals surface area (Å²) in [6.07, 6.45) is 2.63. The maximum absolute atomic E-state index is 12.5. The molecule has 1 aliphatic heterocycles. The number of urea groups is 1. The van der Waals surface area contributed by atoms with E-state index in [4.69, 9.17) is 0 Å². The second-order valence-electron chi connectivity index (χ2n) is 6.55. The van der Waals surface area contributed by atoms with Crippen molar-refractivity contribution < 1.29 is 14.4 Å². The standard InChI is InChI=1S/C16H21N3O3S/c1-10(8-12-4-3-7-23-12)17-13(20)9-19-14(21)16(2,11-5-6-11)18-15(19)22/h3-4,7,10-11H,5-6,8-9H2,1-2H3,(H,17,20)(H,18,22). The van der Waals surface area contributed by atoms with Crippen molar-refractivity contribution in [3.63, 3.8) is 0 Å². The highest BCUT2D eigenvalue weighted by Gasteiger charge is 2.56. The van der Waals surface area contributed by atoms with Crippen molar-refractivity contribution in [3.05, 3.63) is 22.4 Å². The number of thiophene rings is 1. The Kier molecular flexibility index (Phi) is 4.14. The first-order chi connectivity index (χ1) is 10.9. The number of rotatable bonds is 6. The van der Waals surface area contributed by atoms with Gasteiger partial charge in [-0.25, -0.2) is 4.79 Å². The lowest BCUT2D eigenvalue weighted by molar-refractivity contribution is -0.135. The lowest BCUT2D eigenvalue weighted by Crippen LogP contribution is -2.47. The molecule has 2 atom stereocenters. The van der Waals surface area contributed by atoms with E-state index in [1.54, 1.807) is 18.3 Å². The number of amides is 4. The second-order valence-corrected chi connectivity index (χ2v) is 7.58. The molecule has 2 heterocycles. The van der Waals surface area contributed by atoms with Crippen LogP contribution in [0.5, 0.6) is 0 Å². The zero-order chi connectivity index (χ0) is 16.6. The van der Waals surface area contributed by atoms with Gasteiger partial charge in [0.25, 0.3) is 5.91 Å². The van der Waals surface area contributed by atoms with Crippen LogP contribution in [-0.4, -0.2) is 40.9 Å². The monoisotopic (exact) mass is 335 g/mol. The molecule has 124 valence electrons. The second kappa shape index (κ2) is 5.96. The molecule has 2 N–H and O–H groups in total. The van der Waals surface area contributed by atoms with Crippen molar-refractivity contribution in [2.24, 2.45) is 5.92 Å². The van der Waals surface area contributed by atoms with Crippen molar-refractivity contribution >= 4 is 29.2 Å². The Balaban J connectivity index is 1.55. The lowest BCUT2D eigenvalue weighted by Gasteiger charge is -2.21. The van der Waals surface area contributed by atoms with E-state index in [2.05, 4.69) is 10.6 Å². The Hall–Kier alpha value is -1.89. The summed E-state index contributed by atoms with van der Waals surface area (Å²) in [5.74, 6) is -0.395. The lowest BCUT2D eigenvalue weighted by atomic mass is 9.96. The first-order valence-corrected chi connectivity index (χ1v) is 8.74. The van der Waals surface area contributed by atoms with E-state index in [1.165, 1.54) is 4.88 Å². The van der Waals surface area contributed by atoms with Crippen molar-refractivity contribution in [2.75, 3.05) is 6.54 Å². The Morgan fingerprint density at radius 3 is 2.87 bits per heavy atom. The molecule has 7 heteroatoms. The van der Waals surface area contributed by atoms with Gasteiger partial charge < -0.3 is 10.6 Å². The maximum atomic E-state index is 12.5. The quantitative estimate of drug-likeness (QED) is 0.774. The van der Waals surface area contributed by atoms with Crippen molar-refractivity contribution in [1.29, 1.82) is 0 Å². The molecular formula is C16H21N3O3S. The van der Waals surface area contributed by atoms with Crippen LogP contribution in [0.15, 0.2) is 17.5 Å². The topological polar surface area (TPSA) is 78.5 Å². The van der Waals surface area contributed by atoms with Gasteiger partial charge in [0.2, 0.25) is 5.91 Å². The molecule has 0 radical (unpaired) electrons. The van der Waals surface area contributed by atoms with Crippen molar-refractivity contribution in [3.8, 4) is 0 Å². The molecule has 1 aromatic heterocycles. The Morgan fingerprint density at radius 2 is 2.26 bits per heavy atom. The largest absolute Gasteiger partial charge is 0.352 e. The molecule has 2 fully saturated rings. The highest BCUT2D eigenvalue weighted by molar-refractivity contribution is 7.09. The molecule has 4 amide bonds. The maximum Gasteiger partial charge on any atom is 0.325 e. The SMILES string of the molecule is CC(Cc1cccs1)NC(=O)CN1C(=O)NC(C)(C2CC2)C1=O. The number of nitrogens with one attached hydrogen (secondary N) is 2. The smallest absolute Gasteiger partial charge is 0.325 e. The minimum Gasteiger partial charge on any atom is -0.352 e. The molecular weight excluding hydrogens is 314 g/mol. The van der Waals surface area contributed by atoms with E-state index in [-0.39, 0.29) is 30.3 Å². The molecule has 0 aromatic carbocycles. The van der Waals surface area contributed by atoms with Gasteiger partial charge in [-0.3, -0.25) is 14.5 Å². The first-order valence-electron chi connectivity index (χ1n) is 7.86. The van der Waals surface area contributed by atoms with Gasteiger partial charge in [-0.15, -0.1) is 11.3 Å². The molecule has 0 bridgehead atoms. The highest BCUT2D eigenvalue weighted by atomic mass is 32.1. The van der Waals surface area contributed by atoms with Crippen molar-refractivity contribution in [2.45, 2.75) is 44.7 Å².